The molecule has 0 aliphatic heterocycles. The Bertz CT molecular complexity index is 688. The molecule has 0 aromatic carbocycles. The van der Waals surface area contributed by atoms with Crippen LogP contribution >= 0.6 is 11.3 Å². The normalized spacial score (nSPS) is 24.2. The third kappa shape index (κ3) is 2.48. The summed E-state index contributed by atoms with van der Waals surface area (Å²) < 4.78 is 4.98. The number of anilines is 1. The second-order valence-electron chi connectivity index (χ2n) is 8.41. The fourth-order valence-electron chi connectivity index (χ4n) is 4.19. The average molecular weight is 349 g/mol. The van der Waals surface area contributed by atoms with Crippen LogP contribution in [0.2, 0.25) is 0 Å². The van der Waals surface area contributed by atoms with Crippen LogP contribution in [0.1, 0.15) is 61.8 Å². The van der Waals surface area contributed by atoms with Gasteiger partial charge in [-0.3, -0.25) is 4.79 Å². The number of amides is 1. The predicted molar refractivity (Wildman–Crippen MR) is 96.5 cm³/mol. The van der Waals surface area contributed by atoms with Gasteiger partial charge in [0, 0.05) is 10.8 Å². The van der Waals surface area contributed by atoms with E-state index in [4.69, 9.17) is 4.74 Å². The van der Waals surface area contributed by atoms with Crippen molar-refractivity contribution in [3.63, 3.8) is 0 Å². The minimum absolute atomic E-state index is 0.0156. The molecule has 1 saturated carbocycles. The molecule has 1 N–H and O–H groups in total. The number of carbonyl (C=O) groups is 2. The first-order valence-corrected chi connectivity index (χ1v) is 9.46. The molecule has 1 fully saturated rings. The summed E-state index contributed by atoms with van der Waals surface area (Å²) in [6, 6.07) is 0. The third-order valence-electron chi connectivity index (χ3n) is 6.42. The number of nitrogens with one attached hydrogen (secondary N) is 1. The minimum Gasteiger partial charge on any atom is -0.465 e. The Balaban J connectivity index is 1.91. The second-order valence-corrected chi connectivity index (χ2v) is 9.52. The summed E-state index contributed by atoms with van der Waals surface area (Å²) in [5.74, 6) is 0.258. The lowest BCUT2D eigenvalue weighted by Gasteiger charge is -2.18. The number of methoxy groups -OCH3 is 1. The first kappa shape index (κ1) is 17.5. The molecule has 1 amide bonds. The fourth-order valence-corrected chi connectivity index (χ4v) is 5.59. The minimum atomic E-state index is -0.341. The standard InChI is InChI=1S/C19H27NO3S/c1-10-7-8-11-12(9-10)24-16(13(11)17(22)23-6)20-15(21)14-18(2,3)19(14,4)5/h10,14H,7-9H2,1-6H3,(H,20,21)/t10-/m0/s1. The first-order chi connectivity index (χ1) is 11.1. The summed E-state index contributed by atoms with van der Waals surface area (Å²) in [7, 11) is 1.40. The summed E-state index contributed by atoms with van der Waals surface area (Å²) in [4.78, 5) is 26.3. The topological polar surface area (TPSA) is 55.4 Å². The molecular weight excluding hydrogens is 322 g/mol. The monoisotopic (exact) mass is 349 g/mol. The highest BCUT2D eigenvalue weighted by atomic mass is 32.1. The molecule has 132 valence electrons. The number of rotatable bonds is 3. The molecule has 2 aliphatic rings. The van der Waals surface area contributed by atoms with E-state index in [9.17, 15) is 9.59 Å². The van der Waals surface area contributed by atoms with Gasteiger partial charge in [-0.05, 0) is 41.6 Å². The molecule has 1 heterocycles. The summed E-state index contributed by atoms with van der Waals surface area (Å²) >= 11 is 1.55. The molecule has 1 atom stereocenters. The van der Waals surface area contributed by atoms with Crippen LogP contribution in [0.3, 0.4) is 0 Å². The van der Waals surface area contributed by atoms with Crippen molar-refractivity contribution in [2.45, 2.75) is 53.9 Å². The van der Waals surface area contributed by atoms with E-state index >= 15 is 0 Å². The molecule has 4 nitrogen and oxygen atoms in total. The molecule has 0 spiro atoms. The van der Waals surface area contributed by atoms with Crippen molar-refractivity contribution in [2.24, 2.45) is 22.7 Å². The Hall–Kier alpha value is -1.36. The summed E-state index contributed by atoms with van der Waals surface area (Å²) in [6.45, 7) is 10.7. The van der Waals surface area contributed by atoms with Gasteiger partial charge in [0.25, 0.3) is 0 Å². The van der Waals surface area contributed by atoms with E-state index in [-0.39, 0.29) is 28.6 Å². The van der Waals surface area contributed by atoms with Gasteiger partial charge in [-0.15, -0.1) is 11.3 Å². The lowest BCUT2D eigenvalue weighted by Crippen LogP contribution is -2.19. The van der Waals surface area contributed by atoms with E-state index in [1.807, 2.05) is 0 Å². The Kier molecular flexibility index (Phi) is 4.06. The van der Waals surface area contributed by atoms with Crippen LogP contribution < -0.4 is 5.32 Å². The van der Waals surface area contributed by atoms with Gasteiger partial charge in [0.2, 0.25) is 5.91 Å². The van der Waals surface area contributed by atoms with E-state index in [0.29, 0.717) is 16.5 Å². The number of esters is 1. The largest absolute Gasteiger partial charge is 0.465 e. The molecule has 1 aromatic rings. The van der Waals surface area contributed by atoms with Crippen LogP contribution in [0.4, 0.5) is 5.00 Å². The van der Waals surface area contributed by atoms with Gasteiger partial charge in [0.1, 0.15) is 5.00 Å². The van der Waals surface area contributed by atoms with Crippen molar-refractivity contribution < 1.29 is 14.3 Å². The number of hydrogen-bond acceptors (Lipinski definition) is 4. The SMILES string of the molecule is COC(=O)c1c(NC(=O)C2C(C)(C)C2(C)C)sc2c1CC[C@H](C)C2. The van der Waals surface area contributed by atoms with Gasteiger partial charge in [-0.2, -0.15) is 0 Å². The Morgan fingerprint density at radius 3 is 2.38 bits per heavy atom. The molecule has 3 rings (SSSR count). The van der Waals surface area contributed by atoms with Crippen molar-refractivity contribution in [2.75, 3.05) is 12.4 Å². The maximum absolute atomic E-state index is 12.8. The van der Waals surface area contributed by atoms with Crippen LogP contribution in [-0.2, 0) is 22.4 Å². The number of fused-ring (bicyclic) bond motifs is 1. The zero-order valence-corrected chi connectivity index (χ0v) is 16.2. The molecule has 0 saturated heterocycles. The Morgan fingerprint density at radius 1 is 1.21 bits per heavy atom. The van der Waals surface area contributed by atoms with Gasteiger partial charge in [0.15, 0.2) is 0 Å². The number of ether oxygens (including phenoxy) is 1. The molecule has 1 aromatic heterocycles. The molecule has 5 heteroatoms. The average Bonchev–Trinajstić information content (AvgIpc) is 2.76. The molecule has 0 unspecified atom stereocenters. The maximum Gasteiger partial charge on any atom is 0.341 e. The highest BCUT2D eigenvalue weighted by Gasteiger charge is 2.68. The van der Waals surface area contributed by atoms with Crippen molar-refractivity contribution in [3.05, 3.63) is 16.0 Å². The summed E-state index contributed by atoms with van der Waals surface area (Å²) in [6.07, 6.45) is 2.93. The van der Waals surface area contributed by atoms with Gasteiger partial charge in [-0.25, -0.2) is 4.79 Å². The van der Waals surface area contributed by atoms with Gasteiger partial charge >= 0.3 is 5.97 Å². The zero-order chi connectivity index (χ0) is 17.9. The highest BCUT2D eigenvalue weighted by molar-refractivity contribution is 7.17. The number of carbonyl (C=O) groups excluding carboxylic acids is 2. The lowest BCUT2D eigenvalue weighted by molar-refractivity contribution is -0.118. The van der Waals surface area contributed by atoms with Gasteiger partial charge in [0.05, 0.1) is 12.7 Å². The molecule has 0 radical (unpaired) electrons. The smallest absolute Gasteiger partial charge is 0.341 e. The van der Waals surface area contributed by atoms with Crippen molar-refractivity contribution in [1.29, 1.82) is 0 Å². The molecule has 2 aliphatic carbocycles. The number of thiophene rings is 1. The van der Waals surface area contributed by atoms with E-state index < -0.39 is 0 Å². The maximum atomic E-state index is 12.8. The van der Waals surface area contributed by atoms with E-state index in [1.54, 1.807) is 11.3 Å². The van der Waals surface area contributed by atoms with Crippen LogP contribution in [0.15, 0.2) is 0 Å². The van der Waals surface area contributed by atoms with Crippen LogP contribution in [0.5, 0.6) is 0 Å². The van der Waals surface area contributed by atoms with Crippen LogP contribution in [0, 0.1) is 22.7 Å². The van der Waals surface area contributed by atoms with Gasteiger partial charge < -0.3 is 10.1 Å². The first-order valence-electron chi connectivity index (χ1n) is 8.65. The molecule has 24 heavy (non-hydrogen) atoms. The van der Waals surface area contributed by atoms with E-state index in [2.05, 4.69) is 39.9 Å². The summed E-state index contributed by atoms with van der Waals surface area (Å²) in [5, 5.41) is 3.72. The van der Waals surface area contributed by atoms with E-state index in [0.717, 1.165) is 24.8 Å². The number of hydrogen-bond donors (Lipinski definition) is 1. The molecule has 0 bridgehead atoms. The van der Waals surface area contributed by atoms with Crippen LogP contribution in [-0.4, -0.2) is 19.0 Å². The second kappa shape index (κ2) is 5.58. The lowest BCUT2D eigenvalue weighted by atomic mass is 9.88. The fraction of sp³-hybridized carbons (Fsp3) is 0.684. The zero-order valence-electron chi connectivity index (χ0n) is 15.4. The van der Waals surface area contributed by atoms with Gasteiger partial charge in [-0.1, -0.05) is 34.6 Å². The van der Waals surface area contributed by atoms with Crippen molar-refractivity contribution in [3.8, 4) is 0 Å². The third-order valence-corrected chi connectivity index (χ3v) is 7.59. The quantitative estimate of drug-likeness (QED) is 0.829. The Labute approximate surface area is 148 Å². The van der Waals surface area contributed by atoms with Crippen molar-refractivity contribution >= 4 is 28.2 Å². The molecular formula is C19H27NO3S. The predicted octanol–water partition coefficient (Wildman–Crippen LogP) is 4.28. The Morgan fingerprint density at radius 2 is 1.83 bits per heavy atom. The van der Waals surface area contributed by atoms with Crippen LogP contribution in [0.25, 0.3) is 0 Å². The summed E-state index contributed by atoms with van der Waals surface area (Å²) in [5.41, 5.74) is 1.62. The van der Waals surface area contributed by atoms with Crippen molar-refractivity contribution in [1.82, 2.24) is 0 Å². The van der Waals surface area contributed by atoms with E-state index in [1.165, 1.54) is 12.0 Å². The highest BCUT2D eigenvalue weighted by Crippen LogP contribution is 2.68.